The van der Waals surface area contributed by atoms with Gasteiger partial charge in [-0.25, -0.2) is 8.42 Å². The van der Waals surface area contributed by atoms with Crippen LogP contribution in [-0.2, 0) is 9.84 Å². The van der Waals surface area contributed by atoms with Crippen molar-refractivity contribution < 1.29 is 23.7 Å². The molecule has 17 heavy (non-hydrogen) atoms. The Morgan fingerprint density at radius 1 is 1.24 bits per heavy atom. The summed E-state index contributed by atoms with van der Waals surface area (Å²) >= 11 is 0. The Labute approximate surface area is 100 Å². The first-order chi connectivity index (χ1) is 7.88. The molecule has 1 aromatic carbocycles. The van der Waals surface area contributed by atoms with E-state index >= 15 is 0 Å². The molecule has 0 aromatic heterocycles. The minimum absolute atomic E-state index is 0.00973. The molecule has 2 unspecified atom stereocenters. The molecule has 0 heterocycles. The van der Waals surface area contributed by atoms with Crippen LogP contribution >= 0.6 is 0 Å². The molecule has 0 saturated heterocycles. The number of aliphatic hydroxyl groups is 3. The molecular weight excluding hydrogens is 244 g/mol. The molecular formula is C11H16O5S. The van der Waals surface area contributed by atoms with Crippen LogP contribution in [-0.4, -0.2) is 42.7 Å². The Balaban J connectivity index is 3.14. The average molecular weight is 260 g/mol. The summed E-state index contributed by atoms with van der Waals surface area (Å²) < 4.78 is 23.0. The Bertz CT molecular complexity index is 469. The van der Waals surface area contributed by atoms with Gasteiger partial charge in [0.1, 0.15) is 6.10 Å². The van der Waals surface area contributed by atoms with Crippen molar-refractivity contribution in [2.24, 2.45) is 0 Å². The van der Waals surface area contributed by atoms with Gasteiger partial charge < -0.3 is 15.3 Å². The number of rotatable bonds is 5. The second-order valence-corrected chi connectivity index (χ2v) is 5.82. The van der Waals surface area contributed by atoms with Gasteiger partial charge in [-0.2, -0.15) is 0 Å². The molecule has 0 amide bonds. The van der Waals surface area contributed by atoms with E-state index in [1.54, 1.807) is 12.1 Å². The van der Waals surface area contributed by atoms with Crippen molar-refractivity contribution in [3.8, 4) is 0 Å². The zero-order valence-corrected chi connectivity index (χ0v) is 10.3. The summed E-state index contributed by atoms with van der Waals surface area (Å²) in [6.45, 7) is -0.279. The van der Waals surface area contributed by atoms with Crippen molar-refractivity contribution in [2.45, 2.75) is 23.5 Å². The van der Waals surface area contributed by atoms with Crippen LogP contribution in [0.1, 0.15) is 18.1 Å². The highest BCUT2D eigenvalue weighted by atomic mass is 32.2. The van der Waals surface area contributed by atoms with Crippen LogP contribution in [0.2, 0.25) is 0 Å². The van der Waals surface area contributed by atoms with Crippen molar-refractivity contribution in [1.29, 1.82) is 0 Å². The molecule has 0 aliphatic heterocycles. The maximum atomic E-state index is 11.5. The van der Waals surface area contributed by atoms with Crippen molar-refractivity contribution in [3.63, 3.8) is 0 Å². The number of benzene rings is 1. The van der Waals surface area contributed by atoms with Gasteiger partial charge in [-0.3, -0.25) is 0 Å². The maximum absolute atomic E-state index is 11.5. The van der Waals surface area contributed by atoms with Gasteiger partial charge in [0.2, 0.25) is 0 Å². The summed E-state index contributed by atoms with van der Waals surface area (Å²) in [5.74, 6) is 0. The number of hydrogen-bond donors (Lipinski definition) is 3. The predicted molar refractivity (Wildman–Crippen MR) is 62.2 cm³/mol. The smallest absolute Gasteiger partial charge is 0.175 e. The van der Waals surface area contributed by atoms with E-state index in [9.17, 15) is 18.6 Å². The van der Waals surface area contributed by atoms with Crippen LogP contribution in [0.25, 0.3) is 0 Å². The third-order valence-corrected chi connectivity index (χ3v) is 3.60. The van der Waals surface area contributed by atoms with Crippen LogP contribution < -0.4 is 0 Å². The van der Waals surface area contributed by atoms with E-state index in [4.69, 9.17) is 5.11 Å². The van der Waals surface area contributed by atoms with Crippen LogP contribution in [0, 0.1) is 0 Å². The molecule has 3 N–H and O–H groups in total. The molecule has 0 fully saturated rings. The van der Waals surface area contributed by atoms with E-state index in [0.717, 1.165) is 6.26 Å². The lowest BCUT2D eigenvalue weighted by molar-refractivity contribution is 0.00276. The van der Waals surface area contributed by atoms with Crippen molar-refractivity contribution >= 4 is 9.84 Å². The maximum Gasteiger partial charge on any atom is 0.175 e. The lowest BCUT2D eigenvalue weighted by atomic mass is 10.0. The third-order valence-electron chi connectivity index (χ3n) is 2.43. The molecule has 96 valence electrons. The van der Waals surface area contributed by atoms with Gasteiger partial charge in [0.25, 0.3) is 0 Å². The van der Waals surface area contributed by atoms with Crippen LogP contribution in [0.15, 0.2) is 29.2 Å². The van der Waals surface area contributed by atoms with E-state index in [-0.39, 0.29) is 23.5 Å². The summed E-state index contributed by atoms with van der Waals surface area (Å²) in [5, 5.41) is 28.1. The van der Waals surface area contributed by atoms with Crippen molar-refractivity contribution in [3.05, 3.63) is 29.8 Å². The molecule has 1 rings (SSSR count). The highest BCUT2D eigenvalue weighted by Gasteiger charge is 2.23. The van der Waals surface area contributed by atoms with Gasteiger partial charge in [-0.1, -0.05) is 18.2 Å². The summed E-state index contributed by atoms with van der Waals surface area (Å²) in [7, 11) is -3.46. The molecule has 1 aromatic rings. The molecule has 0 spiro atoms. The summed E-state index contributed by atoms with van der Waals surface area (Å²) in [5.41, 5.74) is 0.149. The van der Waals surface area contributed by atoms with Gasteiger partial charge in [-0.05, 0) is 12.5 Å². The second-order valence-electron chi connectivity index (χ2n) is 3.83. The fraction of sp³-hybridized carbons (Fsp3) is 0.455. The predicted octanol–water partition coefficient (Wildman–Crippen LogP) is -0.133. The molecule has 0 saturated carbocycles. The van der Waals surface area contributed by atoms with Crippen molar-refractivity contribution in [1.82, 2.24) is 0 Å². The quantitative estimate of drug-likeness (QED) is 0.685. The van der Waals surface area contributed by atoms with Gasteiger partial charge >= 0.3 is 0 Å². The van der Waals surface area contributed by atoms with Crippen LogP contribution in [0.4, 0.5) is 0 Å². The van der Waals surface area contributed by atoms with Gasteiger partial charge in [-0.15, -0.1) is 0 Å². The highest BCUT2D eigenvalue weighted by Crippen LogP contribution is 2.25. The van der Waals surface area contributed by atoms with E-state index in [1.165, 1.54) is 12.1 Å². The molecule has 6 heteroatoms. The number of hydrogen-bond acceptors (Lipinski definition) is 5. The average Bonchev–Trinajstić information content (AvgIpc) is 2.27. The van der Waals surface area contributed by atoms with Gasteiger partial charge in [0, 0.05) is 18.4 Å². The number of aliphatic hydroxyl groups excluding tert-OH is 3. The van der Waals surface area contributed by atoms with E-state index < -0.39 is 22.0 Å². The highest BCUT2D eigenvalue weighted by molar-refractivity contribution is 7.90. The second kappa shape index (κ2) is 5.59. The van der Waals surface area contributed by atoms with E-state index in [0.29, 0.717) is 0 Å². The third kappa shape index (κ3) is 3.50. The Morgan fingerprint density at radius 2 is 1.82 bits per heavy atom. The fourth-order valence-corrected chi connectivity index (χ4v) is 2.50. The van der Waals surface area contributed by atoms with Crippen molar-refractivity contribution in [2.75, 3.05) is 12.9 Å². The summed E-state index contributed by atoms with van der Waals surface area (Å²) in [6.07, 6.45) is -1.49. The zero-order valence-electron chi connectivity index (χ0n) is 9.44. The molecule has 0 aliphatic carbocycles. The largest absolute Gasteiger partial charge is 0.396 e. The lowest BCUT2D eigenvalue weighted by Gasteiger charge is -2.19. The zero-order chi connectivity index (χ0) is 13.1. The van der Waals surface area contributed by atoms with Crippen LogP contribution in [0.5, 0.6) is 0 Å². The minimum atomic E-state index is -3.46. The molecule has 5 nitrogen and oxygen atoms in total. The summed E-state index contributed by atoms with van der Waals surface area (Å²) in [4.78, 5) is -0.00973. The topological polar surface area (TPSA) is 94.8 Å². The van der Waals surface area contributed by atoms with Crippen LogP contribution in [0.3, 0.4) is 0 Å². The Kier molecular flexibility index (Phi) is 4.64. The lowest BCUT2D eigenvalue weighted by Crippen LogP contribution is -2.21. The summed E-state index contributed by atoms with van der Waals surface area (Å²) in [6, 6.07) is 5.95. The Hall–Kier alpha value is -0.950. The van der Waals surface area contributed by atoms with E-state index in [1.807, 2.05) is 0 Å². The molecule has 0 aliphatic rings. The molecule has 2 atom stereocenters. The number of sulfone groups is 1. The molecule has 0 bridgehead atoms. The fourth-order valence-electron chi connectivity index (χ4n) is 1.56. The SMILES string of the molecule is CS(=O)(=O)c1ccccc1C(O)C(O)CCO. The first-order valence-electron chi connectivity index (χ1n) is 5.14. The first-order valence-corrected chi connectivity index (χ1v) is 7.03. The Morgan fingerprint density at radius 3 is 2.35 bits per heavy atom. The van der Waals surface area contributed by atoms with E-state index in [2.05, 4.69) is 0 Å². The monoisotopic (exact) mass is 260 g/mol. The minimum Gasteiger partial charge on any atom is -0.396 e. The van der Waals surface area contributed by atoms with Gasteiger partial charge in [0.05, 0.1) is 11.0 Å². The molecule has 0 radical (unpaired) electrons. The van der Waals surface area contributed by atoms with Gasteiger partial charge in [0.15, 0.2) is 9.84 Å². The first kappa shape index (κ1) is 14.1. The normalized spacial score (nSPS) is 15.5. The standard InChI is InChI=1S/C11H16O5S/c1-17(15,16)10-5-3-2-4-8(10)11(14)9(13)6-7-12/h2-5,9,11-14H,6-7H2,1H3.